The van der Waals surface area contributed by atoms with E-state index in [0.717, 1.165) is 26.1 Å². The SMILES string of the molecule is CCOC(=O)/C=C/CNC1(C)CCOCC1. The highest BCUT2D eigenvalue weighted by atomic mass is 16.5. The zero-order chi connectivity index (χ0) is 11.9. The third kappa shape index (κ3) is 4.77. The molecule has 92 valence electrons. The molecule has 0 spiro atoms. The molecule has 1 rings (SSSR count). The van der Waals surface area contributed by atoms with Crippen molar-refractivity contribution in [3.8, 4) is 0 Å². The molecule has 1 N–H and O–H groups in total. The van der Waals surface area contributed by atoms with Gasteiger partial charge in [-0.2, -0.15) is 0 Å². The monoisotopic (exact) mass is 227 g/mol. The zero-order valence-corrected chi connectivity index (χ0v) is 10.1. The number of ether oxygens (including phenoxy) is 2. The lowest BCUT2D eigenvalue weighted by Gasteiger charge is -2.34. The van der Waals surface area contributed by atoms with Crippen molar-refractivity contribution in [2.45, 2.75) is 32.2 Å². The highest BCUT2D eigenvalue weighted by molar-refractivity contribution is 5.81. The predicted molar refractivity (Wildman–Crippen MR) is 62.2 cm³/mol. The van der Waals surface area contributed by atoms with Crippen molar-refractivity contribution in [1.82, 2.24) is 5.32 Å². The van der Waals surface area contributed by atoms with E-state index in [1.165, 1.54) is 6.08 Å². The van der Waals surface area contributed by atoms with Crippen LogP contribution in [-0.4, -0.2) is 37.9 Å². The zero-order valence-electron chi connectivity index (χ0n) is 10.1. The lowest BCUT2D eigenvalue weighted by molar-refractivity contribution is -0.137. The maximum atomic E-state index is 11.0. The van der Waals surface area contributed by atoms with Gasteiger partial charge in [0.25, 0.3) is 0 Å². The minimum Gasteiger partial charge on any atom is -0.463 e. The van der Waals surface area contributed by atoms with Gasteiger partial charge in [-0.3, -0.25) is 0 Å². The van der Waals surface area contributed by atoms with Gasteiger partial charge in [0.05, 0.1) is 6.61 Å². The molecule has 1 heterocycles. The molecular formula is C12H21NO3. The van der Waals surface area contributed by atoms with Crippen LogP contribution in [0.25, 0.3) is 0 Å². The minimum atomic E-state index is -0.276. The number of esters is 1. The first-order valence-electron chi connectivity index (χ1n) is 5.82. The number of hydrogen-bond acceptors (Lipinski definition) is 4. The van der Waals surface area contributed by atoms with Crippen molar-refractivity contribution in [3.63, 3.8) is 0 Å². The molecule has 0 atom stereocenters. The van der Waals surface area contributed by atoms with Crippen LogP contribution >= 0.6 is 0 Å². The normalized spacial score (nSPS) is 19.9. The Labute approximate surface area is 97.0 Å². The summed E-state index contributed by atoms with van der Waals surface area (Å²) in [7, 11) is 0. The van der Waals surface area contributed by atoms with Crippen LogP contribution in [-0.2, 0) is 14.3 Å². The van der Waals surface area contributed by atoms with Gasteiger partial charge in [-0.05, 0) is 26.7 Å². The fourth-order valence-corrected chi connectivity index (χ4v) is 1.65. The molecule has 0 amide bonds. The van der Waals surface area contributed by atoms with E-state index < -0.39 is 0 Å². The molecule has 0 bridgehead atoms. The van der Waals surface area contributed by atoms with Crippen LogP contribution in [0.2, 0.25) is 0 Å². The van der Waals surface area contributed by atoms with Gasteiger partial charge in [0.1, 0.15) is 0 Å². The van der Waals surface area contributed by atoms with Crippen LogP contribution in [0, 0.1) is 0 Å². The van der Waals surface area contributed by atoms with E-state index in [9.17, 15) is 4.79 Å². The highest BCUT2D eigenvalue weighted by Crippen LogP contribution is 2.19. The second-order valence-corrected chi connectivity index (χ2v) is 4.21. The van der Waals surface area contributed by atoms with E-state index >= 15 is 0 Å². The Morgan fingerprint density at radius 1 is 1.50 bits per heavy atom. The summed E-state index contributed by atoms with van der Waals surface area (Å²) in [4.78, 5) is 11.0. The van der Waals surface area contributed by atoms with Gasteiger partial charge in [0, 0.05) is 31.4 Å². The van der Waals surface area contributed by atoms with E-state index in [-0.39, 0.29) is 11.5 Å². The number of nitrogens with one attached hydrogen (secondary N) is 1. The molecular weight excluding hydrogens is 206 g/mol. The Bertz CT molecular complexity index is 245. The van der Waals surface area contributed by atoms with Crippen molar-refractivity contribution < 1.29 is 14.3 Å². The van der Waals surface area contributed by atoms with Gasteiger partial charge >= 0.3 is 5.97 Å². The summed E-state index contributed by atoms with van der Waals surface area (Å²) in [5.41, 5.74) is 0.136. The summed E-state index contributed by atoms with van der Waals surface area (Å²) < 4.78 is 10.1. The lowest BCUT2D eigenvalue weighted by Crippen LogP contribution is -2.46. The summed E-state index contributed by atoms with van der Waals surface area (Å²) in [6.45, 7) is 6.72. The molecule has 16 heavy (non-hydrogen) atoms. The van der Waals surface area contributed by atoms with Gasteiger partial charge in [0.15, 0.2) is 0 Å². The van der Waals surface area contributed by atoms with E-state index in [1.54, 1.807) is 13.0 Å². The van der Waals surface area contributed by atoms with Gasteiger partial charge in [0.2, 0.25) is 0 Å². The smallest absolute Gasteiger partial charge is 0.330 e. The first-order chi connectivity index (χ1) is 7.66. The van der Waals surface area contributed by atoms with Crippen LogP contribution < -0.4 is 5.32 Å². The molecule has 0 unspecified atom stereocenters. The maximum absolute atomic E-state index is 11.0. The topological polar surface area (TPSA) is 47.6 Å². The van der Waals surface area contributed by atoms with Crippen LogP contribution in [0.4, 0.5) is 0 Å². The molecule has 1 aliphatic rings. The fourth-order valence-electron chi connectivity index (χ4n) is 1.65. The van der Waals surface area contributed by atoms with Gasteiger partial charge in [-0.15, -0.1) is 0 Å². The standard InChI is InChI=1S/C12H21NO3/c1-3-16-11(14)5-4-8-13-12(2)6-9-15-10-7-12/h4-5,13H,3,6-10H2,1-2H3/b5-4+. The average molecular weight is 227 g/mol. The summed E-state index contributed by atoms with van der Waals surface area (Å²) in [6.07, 6.45) is 5.30. The van der Waals surface area contributed by atoms with Gasteiger partial charge in [-0.25, -0.2) is 4.79 Å². The highest BCUT2D eigenvalue weighted by Gasteiger charge is 2.25. The summed E-state index contributed by atoms with van der Waals surface area (Å²) in [5, 5.41) is 3.42. The van der Waals surface area contributed by atoms with Gasteiger partial charge in [-0.1, -0.05) is 6.08 Å². The van der Waals surface area contributed by atoms with Crippen molar-refractivity contribution >= 4 is 5.97 Å². The molecule has 1 saturated heterocycles. The summed E-state index contributed by atoms with van der Waals surface area (Å²) in [6, 6.07) is 0. The van der Waals surface area contributed by atoms with Crippen molar-refractivity contribution in [1.29, 1.82) is 0 Å². The predicted octanol–water partition coefficient (Wildman–Crippen LogP) is 1.26. The molecule has 4 heteroatoms. The van der Waals surface area contributed by atoms with Crippen molar-refractivity contribution in [2.75, 3.05) is 26.4 Å². The molecule has 0 aromatic carbocycles. The third-order valence-electron chi connectivity index (χ3n) is 2.78. The quantitative estimate of drug-likeness (QED) is 0.567. The third-order valence-corrected chi connectivity index (χ3v) is 2.78. The maximum Gasteiger partial charge on any atom is 0.330 e. The molecule has 4 nitrogen and oxygen atoms in total. The summed E-state index contributed by atoms with van der Waals surface area (Å²) >= 11 is 0. The van der Waals surface area contributed by atoms with E-state index in [4.69, 9.17) is 9.47 Å². The molecule has 0 saturated carbocycles. The summed E-state index contributed by atoms with van der Waals surface area (Å²) in [5.74, 6) is -0.276. The second kappa shape index (κ2) is 6.66. The minimum absolute atomic E-state index is 0.136. The average Bonchev–Trinajstić information content (AvgIpc) is 2.26. The number of hydrogen-bond donors (Lipinski definition) is 1. The molecule has 0 aliphatic carbocycles. The first-order valence-corrected chi connectivity index (χ1v) is 5.82. The van der Waals surface area contributed by atoms with Crippen LogP contribution in [0.1, 0.15) is 26.7 Å². The Balaban J connectivity index is 2.21. The number of carbonyl (C=O) groups is 1. The molecule has 0 aromatic rings. The van der Waals surface area contributed by atoms with E-state index in [0.29, 0.717) is 13.2 Å². The molecule has 1 aliphatic heterocycles. The second-order valence-electron chi connectivity index (χ2n) is 4.21. The van der Waals surface area contributed by atoms with E-state index in [2.05, 4.69) is 12.2 Å². The lowest BCUT2D eigenvalue weighted by atomic mass is 9.92. The number of rotatable bonds is 5. The number of carbonyl (C=O) groups excluding carboxylic acids is 1. The Morgan fingerprint density at radius 3 is 2.81 bits per heavy atom. The van der Waals surface area contributed by atoms with Crippen LogP contribution in [0.3, 0.4) is 0 Å². The van der Waals surface area contributed by atoms with Crippen molar-refractivity contribution in [3.05, 3.63) is 12.2 Å². The Kier molecular flexibility index (Phi) is 5.49. The van der Waals surface area contributed by atoms with Crippen LogP contribution in [0.15, 0.2) is 12.2 Å². The fraction of sp³-hybridized carbons (Fsp3) is 0.750. The van der Waals surface area contributed by atoms with Gasteiger partial charge < -0.3 is 14.8 Å². The van der Waals surface area contributed by atoms with E-state index in [1.807, 2.05) is 0 Å². The van der Waals surface area contributed by atoms with Crippen molar-refractivity contribution in [2.24, 2.45) is 0 Å². The molecule has 1 fully saturated rings. The molecule has 0 aromatic heterocycles. The Hall–Kier alpha value is -0.870. The first kappa shape index (κ1) is 13.2. The Morgan fingerprint density at radius 2 is 2.19 bits per heavy atom. The van der Waals surface area contributed by atoms with Crippen LogP contribution in [0.5, 0.6) is 0 Å². The molecule has 0 radical (unpaired) electrons. The largest absolute Gasteiger partial charge is 0.463 e.